The van der Waals surface area contributed by atoms with E-state index in [2.05, 4.69) is 23.7 Å². The monoisotopic (exact) mass is 156 g/mol. The van der Waals surface area contributed by atoms with Crippen molar-refractivity contribution >= 4 is 5.84 Å². The van der Waals surface area contributed by atoms with Gasteiger partial charge in [0.15, 0.2) is 0 Å². The van der Waals surface area contributed by atoms with Crippen molar-refractivity contribution in [2.75, 3.05) is 32.8 Å². The Labute approximate surface area is 68.1 Å². The predicted molar refractivity (Wildman–Crippen MR) is 46.0 cm³/mol. The highest BCUT2D eigenvalue weighted by molar-refractivity contribution is 5.79. The maximum absolute atomic E-state index is 5.23. The third-order valence-corrected chi connectivity index (χ3v) is 1.86. The van der Waals surface area contributed by atoms with Gasteiger partial charge in [0, 0.05) is 19.6 Å². The minimum absolute atomic E-state index is 0.844. The Bertz CT molecular complexity index is 139. The Kier molecular flexibility index (Phi) is 3.36. The van der Waals surface area contributed by atoms with Crippen molar-refractivity contribution in [2.45, 2.75) is 13.8 Å². The molecule has 0 atom stereocenters. The van der Waals surface area contributed by atoms with Crippen molar-refractivity contribution in [3.63, 3.8) is 0 Å². The van der Waals surface area contributed by atoms with Gasteiger partial charge in [0.2, 0.25) is 0 Å². The molecular formula is C8H16N2O. The summed E-state index contributed by atoms with van der Waals surface area (Å²) in [5.41, 5.74) is 0. The first-order valence-corrected chi connectivity index (χ1v) is 4.18. The largest absolute Gasteiger partial charge is 0.378 e. The summed E-state index contributed by atoms with van der Waals surface area (Å²) in [4.78, 5) is 6.61. The van der Waals surface area contributed by atoms with Crippen LogP contribution in [0.1, 0.15) is 13.8 Å². The smallest absolute Gasteiger partial charge is 0.0958 e. The van der Waals surface area contributed by atoms with Crippen molar-refractivity contribution in [3.05, 3.63) is 0 Å². The van der Waals surface area contributed by atoms with Gasteiger partial charge in [-0.15, -0.1) is 0 Å². The zero-order valence-electron chi connectivity index (χ0n) is 7.34. The zero-order chi connectivity index (χ0) is 8.10. The molecule has 0 aromatic rings. The topological polar surface area (TPSA) is 24.8 Å². The van der Waals surface area contributed by atoms with Crippen LogP contribution in [0.2, 0.25) is 0 Å². The van der Waals surface area contributed by atoms with Crippen LogP contribution in [0.3, 0.4) is 0 Å². The number of amidine groups is 1. The molecule has 11 heavy (non-hydrogen) atoms. The molecule has 0 radical (unpaired) electrons. The number of morpholine rings is 1. The SMILES string of the molecule is CCN=C(C)N1CCOCC1. The van der Waals surface area contributed by atoms with Crippen LogP contribution in [0.25, 0.3) is 0 Å². The second kappa shape index (κ2) is 4.34. The van der Waals surface area contributed by atoms with E-state index in [1.165, 1.54) is 0 Å². The second-order valence-corrected chi connectivity index (χ2v) is 2.62. The summed E-state index contributed by atoms with van der Waals surface area (Å²) in [6, 6.07) is 0. The number of hydrogen-bond acceptors (Lipinski definition) is 2. The Balaban J connectivity index is 2.38. The maximum Gasteiger partial charge on any atom is 0.0958 e. The normalized spacial score (nSPS) is 20.5. The molecule has 1 fully saturated rings. The molecule has 3 nitrogen and oxygen atoms in total. The second-order valence-electron chi connectivity index (χ2n) is 2.62. The van der Waals surface area contributed by atoms with Gasteiger partial charge in [-0.1, -0.05) is 0 Å². The van der Waals surface area contributed by atoms with Gasteiger partial charge in [0.1, 0.15) is 0 Å². The van der Waals surface area contributed by atoms with Crippen LogP contribution in [0.4, 0.5) is 0 Å². The van der Waals surface area contributed by atoms with E-state index in [0.29, 0.717) is 0 Å². The molecule has 0 amide bonds. The number of aliphatic imine (C=N–C) groups is 1. The van der Waals surface area contributed by atoms with Crippen molar-refractivity contribution in [2.24, 2.45) is 4.99 Å². The van der Waals surface area contributed by atoms with Crippen molar-refractivity contribution in [1.82, 2.24) is 4.90 Å². The van der Waals surface area contributed by atoms with E-state index in [1.807, 2.05) is 0 Å². The number of rotatable bonds is 1. The average Bonchev–Trinajstić information content (AvgIpc) is 2.07. The van der Waals surface area contributed by atoms with Crippen LogP contribution in [-0.2, 0) is 4.74 Å². The number of ether oxygens (including phenoxy) is 1. The Morgan fingerprint density at radius 3 is 2.64 bits per heavy atom. The molecule has 0 aliphatic carbocycles. The van der Waals surface area contributed by atoms with Gasteiger partial charge < -0.3 is 9.64 Å². The predicted octanol–water partition coefficient (Wildman–Crippen LogP) is 0.757. The van der Waals surface area contributed by atoms with Crippen molar-refractivity contribution in [1.29, 1.82) is 0 Å². The molecule has 0 aromatic carbocycles. The molecule has 1 rings (SSSR count). The Morgan fingerprint density at radius 2 is 2.09 bits per heavy atom. The van der Waals surface area contributed by atoms with Crippen molar-refractivity contribution < 1.29 is 4.74 Å². The molecule has 0 unspecified atom stereocenters. The van der Waals surface area contributed by atoms with Crippen LogP contribution in [0.5, 0.6) is 0 Å². The van der Waals surface area contributed by atoms with Gasteiger partial charge in [-0.05, 0) is 13.8 Å². The lowest BCUT2D eigenvalue weighted by atomic mass is 10.4. The molecule has 0 aromatic heterocycles. The fourth-order valence-corrected chi connectivity index (χ4v) is 1.22. The van der Waals surface area contributed by atoms with Gasteiger partial charge >= 0.3 is 0 Å². The first-order chi connectivity index (χ1) is 5.34. The third-order valence-electron chi connectivity index (χ3n) is 1.86. The quantitative estimate of drug-likeness (QED) is 0.413. The molecule has 1 aliphatic rings. The summed E-state index contributed by atoms with van der Waals surface area (Å²) in [7, 11) is 0. The summed E-state index contributed by atoms with van der Waals surface area (Å²) in [5, 5.41) is 0. The van der Waals surface area contributed by atoms with Gasteiger partial charge in [-0.3, -0.25) is 4.99 Å². The molecule has 1 heterocycles. The highest BCUT2D eigenvalue weighted by Crippen LogP contribution is 1.98. The van der Waals surface area contributed by atoms with Crippen LogP contribution >= 0.6 is 0 Å². The number of hydrogen-bond donors (Lipinski definition) is 0. The lowest BCUT2D eigenvalue weighted by Gasteiger charge is -2.28. The summed E-state index contributed by atoms with van der Waals surface area (Å²) < 4.78 is 5.23. The molecule has 64 valence electrons. The lowest BCUT2D eigenvalue weighted by Crippen LogP contribution is -2.39. The van der Waals surface area contributed by atoms with Crippen LogP contribution in [-0.4, -0.2) is 43.6 Å². The van der Waals surface area contributed by atoms with Crippen LogP contribution < -0.4 is 0 Å². The first-order valence-electron chi connectivity index (χ1n) is 4.18. The van der Waals surface area contributed by atoms with Crippen LogP contribution in [0, 0.1) is 0 Å². The van der Waals surface area contributed by atoms with Gasteiger partial charge in [0.05, 0.1) is 19.0 Å². The summed E-state index contributed by atoms with van der Waals surface area (Å²) in [6.45, 7) is 8.68. The highest BCUT2D eigenvalue weighted by atomic mass is 16.5. The molecule has 0 N–H and O–H groups in total. The molecule has 1 saturated heterocycles. The van der Waals surface area contributed by atoms with E-state index in [-0.39, 0.29) is 0 Å². The standard InChI is InChI=1S/C8H16N2O/c1-3-9-8(2)10-4-6-11-7-5-10/h3-7H2,1-2H3. The van der Waals surface area contributed by atoms with Gasteiger partial charge in [-0.2, -0.15) is 0 Å². The number of nitrogens with zero attached hydrogens (tertiary/aromatic N) is 2. The van der Waals surface area contributed by atoms with E-state index < -0.39 is 0 Å². The molecule has 0 saturated carbocycles. The highest BCUT2D eigenvalue weighted by Gasteiger charge is 2.10. The Hall–Kier alpha value is -0.570. The fraction of sp³-hybridized carbons (Fsp3) is 0.875. The van der Waals surface area contributed by atoms with E-state index in [0.717, 1.165) is 38.7 Å². The van der Waals surface area contributed by atoms with Crippen LogP contribution in [0.15, 0.2) is 4.99 Å². The first kappa shape index (κ1) is 8.53. The summed E-state index contributed by atoms with van der Waals surface area (Å²) in [5.74, 6) is 1.15. The average molecular weight is 156 g/mol. The van der Waals surface area contributed by atoms with Gasteiger partial charge in [0.25, 0.3) is 0 Å². The molecule has 3 heteroatoms. The molecular weight excluding hydrogens is 140 g/mol. The van der Waals surface area contributed by atoms with E-state index in [1.54, 1.807) is 0 Å². The zero-order valence-corrected chi connectivity index (χ0v) is 7.34. The van der Waals surface area contributed by atoms with E-state index in [4.69, 9.17) is 4.74 Å². The molecule has 0 bridgehead atoms. The fourth-order valence-electron chi connectivity index (χ4n) is 1.22. The van der Waals surface area contributed by atoms with Gasteiger partial charge in [-0.25, -0.2) is 0 Å². The van der Waals surface area contributed by atoms with E-state index >= 15 is 0 Å². The summed E-state index contributed by atoms with van der Waals surface area (Å²) >= 11 is 0. The Morgan fingerprint density at radius 1 is 1.45 bits per heavy atom. The third kappa shape index (κ3) is 2.50. The molecule has 0 spiro atoms. The maximum atomic E-state index is 5.23. The molecule has 1 aliphatic heterocycles. The minimum Gasteiger partial charge on any atom is -0.378 e. The minimum atomic E-state index is 0.844. The summed E-state index contributed by atoms with van der Waals surface area (Å²) in [6.07, 6.45) is 0. The van der Waals surface area contributed by atoms with Crippen molar-refractivity contribution in [3.8, 4) is 0 Å². The lowest BCUT2D eigenvalue weighted by molar-refractivity contribution is 0.0677. The van der Waals surface area contributed by atoms with E-state index in [9.17, 15) is 0 Å².